The number of ether oxygens (including phenoxy) is 1. The highest BCUT2D eigenvalue weighted by Gasteiger charge is 2.75. The lowest BCUT2D eigenvalue weighted by molar-refractivity contribution is -0.246. The summed E-state index contributed by atoms with van der Waals surface area (Å²) in [6, 6.07) is 0. The number of carbonyl (C=O) groups excluding carboxylic acids is 1. The van der Waals surface area contributed by atoms with Crippen molar-refractivity contribution in [3.8, 4) is 0 Å². The molecule has 0 unspecified atom stereocenters. The van der Waals surface area contributed by atoms with Gasteiger partial charge in [-0.25, -0.2) is 0 Å². The Morgan fingerprint density at radius 3 is 2.38 bits per heavy atom. The number of allylic oxidation sites excluding steroid dienone is 1. The number of hydrogen-bond donors (Lipinski definition) is 2. The topological polar surface area (TPSA) is 66.8 Å². The third-order valence-corrected chi connectivity index (χ3v) is 13.3. The molecule has 34 heavy (non-hydrogen) atoms. The molecule has 2 aliphatic heterocycles. The Morgan fingerprint density at radius 2 is 1.71 bits per heavy atom. The third kappa shape index (κ3) is 2.37. The maximum atomic E-state index is 13.6. The molecule has 0 aromatic heterocycles. The summed E-state index contributed by atoms with van der Waals surface area (Å²) in [7, 11) is 0. The van der Waals surface area contributed by atoms with Gasteiger partial charge in [0.25, 0.3) is 0 Å². The van der Waals surface area contributed by atoms with Crippen LogP contribution in [0.3, 0.4) is 0 Å². The van der Waals surface area contributed by atoms with Gasteiger partial charge in [-0.2, -0.15) is 0 Å². The summed E-state index contributed by atoms with van der Waals surface area (Å²) in [5.74, 6) is 1.77. The Bertz CT molecular complexity index is 951. The smallest absolute Gasteiger partial charge is 0.316 e. The Labute approximate surface area is 205 Å². The van der Waals surface area contributed by atoms with Crippen molar-refractivity contribution in [1.29, 1.82) is 0 Å². The summed E-state index contributed by atoms with van der Waals surface area (Å²) in [5, 5.41) is 22.4. The van der Waals surface area contributed by atoms with Crippen molar-refractivity contribution in [2.75, 3.05) is 0 Å². The molecule has 6 fully saturated rings. The summed E-state index contributed by atoms with van der Waals surface area (Å²) in [6.07, 6.45) is 8.10. The number of esters is 1. The summed E-state index contributed by atoms with van der Waals surface area (Å²) >= 11 is 0. The predicted molar refractivity (Wildman–Crippen MR) is 132 cm³/mol. The molecule has 7 rings (SSSR count). The minimum atomic E-state index is -0.567. The molecule has 0 aromatic carbocycles. The second kappa shape index (κ2) is 6.71. The first-order valence-corrected chi connectivity index (χ1v) is 14.0. The quantitative estimate of drug-likeness (QED) is 0.392. The fourth-order valence-electron chi connectivity index (χ4n) is 11.5. The molecule has 2 heterocycles. The molecule has 190 valence electrons. The van der Waals surface area contributed by atoms with Crippen LogP contribution in [-0.2, 0) is 9.53 Å². The van der Waals surface area contributed by atoms with E-state index in [4.69, 9.17) is 4.74 Å². The average molecular weight is 471 g/mol. The highest BCUT2D eigenvalue weighted by molar-refractivity contribution is 5.84. The average Bonchev–Trinajstić information content (AvgIpc) is 3.04. The summed E-state index contributed by atoms with van der Waals surface area (Å²) in [4.78, 5) is 13.6. The van der Waals surface area contributed by atoms with Crippen LogP contribution in [0.15, 0.2) is 11.6 Å². The first kappa shape index (κ1) is 23.5. The van der Waals surface area contributed by atoms with Crippen molar-refractivity contribution in [1.82, 2.24) is 0 Å². The minimum Gasteiger partial charge on any atom is -0.461 e. The fourth-order valence-corrected chi connectivity index (χ4v) is 11.5. The molecule has 2 saturated heterocycles. The van der Waals surface area contributed by atoms with E-state index in [2.05, 4.69) is 54.5 Å². The zero-order valence-corrected chi connectivity index (χ0v) is 22.4. The van der Waals surface area contributed by atoms with Crippen LogP contribution in [0.2, 0.25) is 0 Å². The highest BCUT2D eigenvalue weighted by atomic mass is 16.5. The molecule has 2 bridgehead atoms. The molecular weight excluding hydrogens is 424 g/mol. The molecule has 1 spiro atoms. The van der Waals surface area contributed by atoms with Crippen LogP contribution < -0.4 is 0 Å². The van der Waals surface area contributed by atoms with Crippen molar-refractivity contribution in [3.05, 3.63) is 11.6 Å². The van der Waals surface area contributed by atoms with Crippen molar-refractivity contribution in [2.24, 2.45) is 56.7 Å². The number of hydrogen-bond acceptors (Lipinski definition) is 4. The van der Waals surface area contributed by atoms with Gasteiger partial charge in [0.2, 0.25) is 0 Å². The summed E-state index contributed by atoms with van der Waals surface area (Å²) in [6.45, 7) is 16.4. The van der Waals surface area contributed by atoms with Crippen LogP contribution in [0.4, 0.5) is 0 Å². The second-order valence-electron chi connectivity index (χ2n) is 14.9. The van der Waals surface area contributed by atoms with Gasteiger partial charge in [-0.3, -0.25) is 4.79 Å². The van der Waals surface area contributed by atoms with Crippen LogP contribution in [0.25, 0.3) is 0 Å². The van der Waals surface area contributed by atoms with E-state index < -0.39 is 5.41 Å². The summed E-state index contributed by atoms with van der Waals surface area (Å²) < 4.78 is 6.30. The maximum absolute atomic E-state index is 13.6. The highest BCUT2D eigenvalue weighted by Crippen LogP contribution is 2.77. The zero-order chi connectivity index (χ0) is 24.6. The molecular formula is C30H46O4. The molecule has 0 amide bonds. The molecule has 11 atom stereocenters. The van der Waals surface area contributed by atoms with Crippen LogP contribution in [-0.4, -0.2) is 34.5 Å². The van der Waals surface area contributed by atoms with Gasteiger partial charge < -0.3 is 14.9 Å². The van der Waals surface area contributed by atoms with Crippen molar-refractivity contribution >= 4 is 5.97 Å². The third-order valence-electron chi connectivity index (χ3n) is 13.3. The van der Waals surface area contributed by atoms with E-state index in [1.54, 1.807) is 0 Å². The largest absolute Gasteiger partial charge is 0.461 e. The molecule has 4 saturated carbocycles. The van der Waals surface area contributed by atoms with Crippen LogP contribution in [0.1, 0.15) is 93.4 Å². The van der Waals surface area contributed by atoms with Crippen LogP contribution >= 0.6 is 0 Å². The van der Waals surface area contributed by atoms with Gasteiger partial charge in [-0.15, -0.1) is 0 Å². The van der Waals surface area contributed by atoms with E-state index in [1.807, 2.05) is 0 Å². The van der Waals surface area contributed by atoms with Gasteiger partial charge in [-0.05, 0) is 95.9 Å². The van der Waals surface area contributed by atoms with Crippen LogP contribution in [0, 0.1) is 56.7 Å². The standard InChI is InChI=1S/C30H46O4/c1-16(2)18-14-19(31)24-27(18,5)12-13-28(6)23-17(8-10-29(24,28)7)30-11-9-22(32)26(3,4)21(30)15-20(23)34-25(30)33/h8,16,18-24,31-32H,9-15H2,1-7H3/t18-,19+,20-,21-,22-,23-,24-,27-,28-,29+,30-/m0/s1. The van der Waals surface area contributed by atoms with E-state index in [0.29, 0.717) is 24.7 Å². The minimum absolute atomic E-state index is 0.00233. The lowest BCUT2D eigenvalue weighted by atomic mass is 9.34. The lowest BCUT2D eigenvalue weighted by Gasteiger charge is -2.71. The maximum Gasteiger partial charge on any atom is 0.316 e. The van der Waals surface area contributed by atoms with Crippen molar-refractivity contribution in [3.63, 3.8) is 0 Å². The first-order valence-electron chi connectivity index (χ1n) is 14.0. The SMILES string of the molecule is CC(C)[C@@H]1C[C@@H](O)[C@H]2[C@@]1(C)CC[C@@]1(C)[C@H]3C(=CC[C@]21C)[C@@]12CC[C@H](O)C(C)(C)[C@@H]1C[C@@H]3OC2=O. The molecule has 0 aromatic rings. The molecule has 4 heteroatoms. The Hall–Kier alpha value is -0.870. The van der Waals surface area contributed by atoms with E-state index in [0.717, 1.165) is 32.1 Å². The second-order valence-corrected chi connectivity index (χ2v) is 14.9. The monoisotopic (exact) mass is 470 g/mol. The Morgan fingerprint density at radius 1 is 1.00 bits per heavy atom. The van der Waals surface area contributed by atoms with Crippen LogP contribution in [0.5, 0.6) is 0 Å². The molecule has 0 radical (unpaired) electrons. The lowest BCUT2D eigenvalue weighted by Crippen LogP contribution is -2.71. The van der Waals surface area contributed by atoms with E-state index in [-0.39, 0.29) is 63.7 Å². The van der Waals surface area contributed by atoms with Gasteiger partial charge in [-0.1, -0.05) is 54.5 Å². The van der Waals surface area contributed by atoms with Crippen molar-refractivity contribution < 1.29 is 19.7 Å². The van der Waals surface area contributed by atoms with E-state index in [9.17, 15) is 15.0 Å². The van der Waals surface area contributed by atoms with Gasteiger partial charge in [0.15, 0.2) is 0 Å². The van der Waals surface area contributed by atoms with E-state index in [1.165, 1.54) is 5.57 Å². The zero-order valence-electron chi connectivity index (χ0n) is 22.4. The fraction of sp³-hybridized carbons (Fsp3) is 0.900. The van der Waals surface area contributed by atoms with Gasteiger partial charge in [0.1, 0.15) is 6.10 Å². The molecule has 5 aliphatic carbocycles. The normalized spacial score (nSPS) is 57.3. The van der Waals surface area contributed by atoms with E-state index >= 15 is 0 Å². The van der Waals surface area contributed by atoms with Gasteiger partial charge in [0, 0.05) is 5.92 Å². The Kier molecular flexibility index (Phi) is 4.64. The summed E-state index contributed by atoms with van der Waals surface area (Å²) in [5.41, 5.74) is 0.633. The van der Waals surface area contributed by atoms with Crippen molar-refractivity contribution in [2.45, 2.75) is 112 Å². The first-order chi connectivity index (χ1) is 15.7. The number of aliphatic hydroxyl groups is 2. The number of carbonyl (C=O) groups is 1. The van der Waals surface area contributed by atoms with Gasteiger partial charge >= 0.3 is 5.97 Å². The Balaban J connectivity index is 1.49. The van der Waals surface area contributed by atoms with Gasteiger partial charge in [0.05, 0.1) is 17.6 Å². The molecule has 4 nitrogen and oxygen atoms in total. The number of aliphatic hydroxyl groups excluding tert-OH is 2. The predicted octanol–water partition coefficient (Wildman–Crippen LogP) is 5.51. The molecule has 7 aliphatic rings. The number of fused-ring (bicyclic) bond motifs is 4. The molecule has 2 N–H and O–H groups in total. The number of rotatable bonds is 1.